The van der Waals surface area contributed by atoms with E-state index in [1.165, 1.54) is 5.56 Å². The first kappa shape index (κ1) is 19.0. The van der Waals surface area contributed by atoms with Crippen LogP contribution in [0.3, 0.4) is 0 Å². The molecule has 0 atom stereocenters. The topological polar surface area (TPSA) is 45.4 Å². The van der Waals surface area contributed by atoms with Crippen LogP contribution >= 0.6 is 11.6 Å². The first-order chi connectivity index (χ1) is 13.7. The Morgan fingerprint density at radius 2 is 1.89 bits per heavy atom. The maximum atomic E-state index is 6.05. The molecule has 5 nitrogen and oxygen atoms in total. The molecule has 146 valence electrons. The van der Waals surface area contributed by atoms with Gasteiger partial charge in [0, 0.05) is 61.0 Å². The van der Waals surface area contributed by atoms with Gasteiger partial charge in [-0.15, -0.1) is 0 Å². The molecule has 1 aromatic carbocycles. The van der Waals surface area contributed by atoms with Gasteiger partial charge in [0.1, 0.15) is 5.76 Å². The molecule has 1 aliphatic rings. The molecule has 2 aromatic heterocycles. The lowest BCUT2D eigenvalue weighted by Gasteiger charge is -2.27. The van der Waals surface area contributed by atoms with Crippen molar-refractivity contribution in [3.63, 3.8) is 0 Å². The zero-order valence-electron chi connectivity index (χ0n) is 16.4. The Bertz CT molecular complexity index is 934. The summed E-state index contributed by atoms with van der Waals surface area (Å²) in [6.07, 6.45) is 2.88. The van der Waals surface area contributed by atoms with Crippen molar-refractivity contribution >= 4 is 17.5 Å². The molecule has 3 heterocycles. The minimum Gasteiger partial charge on any atom is -0.444 e. The molecular weight excluding hydrogens is 372 g/mol. The number of hydrogen-bond acceptors (Lipinski definition) is 5. The van der Waals surface area contributed by atoms with E-state index >= 15 is 0 Å². The van der Waals surface area contributed by atoms with Crippen molar-refractivity contribution in [3.8, 4) is 11.4 Å². The third kappa shape index (κ3) is 4.05. The second kappa shape index (κ2) is 8.33. The predicted molar refractivity (Wildman–Crippen MR) is 113 cm³/mol. The molecule has 0 spiro atoms. The fourth-order valence-electron chi connectivity index (χ4n) is 3.62. The molecule has 0 N–H and O–H groups in total. The fourth-order valence-corrected chi connectivity index (χ4v) is 3.75. The molecule has 0 unspecified atom stereocenters. The first-order valence-corrected chi connectivity index (χ1v) is 10.2. The molecule has 0 bridgehead atoms. The molecule has 0 aliphatic carbocycles. The molecule has 1 aliphatic heterocycles. The van der Waals surface area contributed by atoms with Crippen molar-refractivity contribution in [2.75, 3.05) is 24.5 Å². The highest BCUT2D eigenvalue weighted by molar-refractivity contribution is 6.30. The maximum absolute atomic E-state index is 6.05. The summed E-state index contributed by atoms with van der Waals surface area (Å²) >= 11 is 5.98. The maximum Gasteiger partial charge on any atom is 0.195 e. The van der Waals surface area contributed by atoms with Gasteiger partial charge >= 0.3 is 0 Å². The van der Waals surface area contributed by atoms with Gasteiger partial charge in [0.25, 0.3) is 0 Å². The van der Waals surface area contributed by atoms with Gasteiger partial charge in [-0.3, -0.25) is 4.90 Å². The lowest BCUT2D eigenvalue weighted by molar-refractivity contribution is 0.224. The number of halogens is 1. The number of rotatable bonds is 6. The van der Waals surface area contributed by atoms with E-state index in [1.54, 1.807) is 0 Å². The Kier molecular flexibility index (Phi) is 5.64. The number of nitrogens with zero attached hydrogens (tertiary/aromatic N) is 4. The molecule has 4 rings (SSSR count). The number of anilines is 1. The molecule has 0 saturated heterocycles. The van der Waals surface area contributed by atoms with Gasteiger partial charge < -0.3 is 9.32 Å². The summed E-state index contributed by atoms with van der Waals surface area (Å²) in [7, 11) is 0. The normalized spacial score (nSPS) is 14.1. The minimum atomic E-state index is 0.722. The average molecular weight is 397 g/mol. The second-order valence-electron chi connectivity index (χ2n) is 7.05. The quantitative estimate of drug-likeness (QED) is 0.599. The molecule has 0 amide bonds. The molecular formula is C22H25ClN4O. The Morgan fingerprint density at radius 3 is 2.64 bits per heavy atom. The van der Waals surface area contributed by atoms with E-state index in [-0.39, 0.29) is 0 Å². The summed E-state index contributed by atoms with van der Waals surface area (Å²) in [6, 6.07) is 11.8. The van der Waals surface area contributed by atoms with Crippen molar-refractivity contribution in [1.82, 2.24) is 14.9 Å². The zero-order chi connectivity index (χ0) is 19.5. The SMILES string of the molecule is CCN(CC)c1ccc(CN2CCc3nc(-c4ccc(Cl)cc4)ncc3C2)o1. The van der Waals surface area contributed by atoms with Crippen molar-refractivity contribution in [1.29, 1.82) is 0 Å². The largest absolute Gasteiger partial charge is 0.444 e. The number of fused-ring (bicyclic) bond motifs is 1. The Labute approximate surface area is 171 Å². The van der Waals surface area contributed by atoms with Crippen LogP contribution in [0.4, 0.5) is 5.88 Å². The number of furan rings is 1. The lowest BCUT2D eigenvalue weighted by Crippen LogP contribution is -2.30. The third-order valence-electron chi connectivity index (χ3n) is 5.22. The number of benzene rings is 1. The van der Waals surface area contributed by atoms with Gasteiger partial charge in [-0.2, -0.15) is 0 Å². The van der Waals surface area contributed by atoms with Crippen molar-refractivity contribution < 1.29 is 4.42 Å². The number of aromatic nitrogens is 2. The summed E-state index contributed by atoms with van der Waals surface area (Å²) < 4.78 is 6.05. The summed E-state index contributed by atoms with van der Waals surface area (Å²) in [6.45, 7) is 8.81. The summed E-state index contributed by atoms with van der Waals surface area (Å²) in [5.41, 5.74) is 3.33. The van der Waals surface area contributed by atoms with Gasteiger partial charge in [0.05, 0.1) is 12.2 Å². The minimum absolute atomic E-state index is 0.722. The Morgan fingerprint density at radius 1 is 1.11 bits per heavy atom. The second-order valence-corrected chi connectivity index (χ2v) is 7.48. The fraction of sp³-hybridized carbons (Fsp3) is 0.364. The van der Waals surface area contributed by atoms with Crippen molar-refractivity contribution in [2.24, 2.45) is 0 Å². The molecule has 0 radical (unpaired) electrons. The van der Waals surface area contributed by atoms with Crippen LogP contribution in [0.15, 0.2) is 47.0 Å². The van der Waals surface area contributed by atoms with Crippen LogP contribution in [0.25, 0.3) is 11.4 Å². The van der Waals surface area contributed by atoms with E-state index in [9.17, 15) is 0 Å². The third-order valence-corrected chi connectivity index (χ3v) is 5.47. The van der Waals surface area contributed by atoms with Crippen LogP contribution in [-0.4, -0.2) is 34.5 Å². The van der Waals surface area contributed by atoms with Crippen molar-refractivity contribution in [2.45, 2.75) is 33.4 Å². The van der Waals surface area contributed by atoms with Gasteiger partial charge in [0.15, 0.2) is 11.7 Å². The van der Waals surface area contributed by atoms with Crippen LogP contribution < -0.4 is 4.90 Å². The highest BCUT2D eigenvalue weighted by atomic mass is 35.5. The summed E-state index contributed by atoms with van der Waals surface area (Å²) in [5, 5.41) is 0.722. The zero-order valence-corrected chi connectivity index (χ0v) is 17.1. The molecule has 28 heavy (non-hydrogen) atoms. The molecule has 6 heteroatoms. The van der Waals surface area contributed by atoms with E-state index < -0.39 is 0 Å². The van der Waals surface area contributed by atoms with Crippen LogP contribution in [0, 0.1) is 0 Å². The van der Waals surface area contributed by atoms with E-state index in [0.29, 0.717) is 0 Å². The Balaban J connectivity index is 1.44. The molecule has 0 fully saturated rings. The van der Waals surface area contributed by atoms with Gasteiger partial charge in [-0.1, -0.05) is 11.6 Å². The van der Waals surface area contributed by atoms with Crippen LogP contribution in [0.1, 0.15) is 30.9 Å². The van der Waals surface area contributed by atoms with E-state index in [2.05, 4.69) is 40.8 Å². The predicted octanol–water partition coefficient (Wildman–Crippen LogP) is 4.79. The van der Waals surface area contributed by atoms with Crippen LogP contribution in [0.2, 0.25) is 5.02 Å². The summed E-state index contributed by atoms with van der Waals surface area (Å²) in [4.78, 5) is 14.0. The van der Waals surface area contributed by atoms with Gasteiger partial charge in [0.2, 0.25) is 0 Å². The van der Waals surface area contributed by atoms with Crippen LogP contribution in [-0.2, 0) is 19.5 Å². The van der Waals surface area contributed by atoms with E-state index in [1.807, 2.05) is 30.5 Å². The first-order valence-electron chi connectivity index (χ1n) is 9.83. The van der Waals surface area contributed by atoms with Crippen molar-refractivity contribution in [3.05, 3.63) is 64.6 Å². The van der Waals surface area contributed by atoms with E-state index in [4.69, 9.17) is 21.0 Å². The monoisotopic (exact) mass is 396 g/mol. The van der Waals surface area contributed by atoms with Gasteiger partial charge in [-0.05, 0) is 44.2 Å². The van der Waals surface area contributed by atoms with Gasteiger partial charge in [-0.25, -0.2) is 9.97 Å². The number of hydrogen-bond donors (Lipinski definition) is 0. The molecule has 3 aromatic rings. The Hall–Kier alpha value is -2.37. The highest BCUT2D eigenvalue weighted by Gasteiger charge is 2.20. The molecule has 0 saturated carbocycles. The smallest absolute Gasteiger partial charge is 0.195 e. The van der Waals surface area contributed by atoms with E-state index in [0.717, 1.165) is 72.9 Å². The highest BCUT2D eigenvalue weighted by Crippen LogP contribution is 2.25. The summed E-state index contributed by atoms with van der Waals surface area (Å²) in [5.74, 6) is 2.72. The lowest BCUT2D eigenvalue weighted by atomic mass is 10.1. The van der Waals surface area contributed by atoms with Crippen LogP contribution in [0.5, 0.6) is 0 Å². The standard InChI is InChI=1S/C22H25ClN4O/c1-3-27(4-2)21-10-9-19(28-21)15-26-12-11-20-17(14-26)13-24-22(25-20)16-5-7-18(23)8-6-16/h5-10,13H,3-4,11-12,14-15H2,1-2H3. The average Bonchev–Trinajstić information content (AvgIpc) is 3.17.